The first kappa shape index (κ1) is 14.5. The number of hydrogen-bond donors (Lipinski definition) is 1. The van der Waals surface area contributed by atoms with Crippen molar-refractivity contribution < 1.29 is 4.74 Å². The van der Waals surface area contributed by atoms with Crippen LogP contribution in [0, 0.1) is 5.92 Å². The molecule has 1 aromatic rings. The van der Waals surface area contributed by atoms with E-state index in [0.29, 0.717) is 12.1 Å². The van der Waals surface area contributed by atoms with E-state index < -0.39 is 0 Å². The highest BCUT2D eigenvalue weighted by Crippen LogP contribution is 2.36. The molecule has 1 fully saturated rings. The van der Waals surface area contributed by atoms with E-state index in [1.165, 1.54) is 24.0 Å². The summed E-state index contributed by atoms with van der Waals surface area (Å²) in [7, 11) is 2.06. The molecule has 2 heteroatoms. The summed E-state index contributed by atoms with van der Waals surface area (Å²) in [6.07, 6.45) is 5.21. The summed E-state index contributed by atoms with van der Waals surface area (Å²) in [5.74, 6) is 0.771. The van der Waals surface area contributed by atoms with Crippen molar-refractivity contribution in [2.24, 2.45) is 5.92 Å². The molecule has 2 atom stereocenters. The third-order valence-electron chi connectivity index (χ3n) is 4.10. The van der Waals surface area contributed by atoms with Crippen LogP contribution in [0.15, 0.2) is 24.3 Å². The predicted molar refractivity (Wildman–Crippen MR) is 80.5 cm³/mol. The van der Waals surface area contributed by atoms with Crippen LogP contribution in [0.2, 0.25) is 0 Å². The third kappa shape index (κ3) is 4.05. The summed E-state index contributed by atoms with van der Waals surface area (Å²) < 4.78 is 5.97. The van der Waals surface area contributed by atoms with E-state index >= 15 is 0 Å². The molecule has 1 aromatic carbocycles. The second-order valence-corrected chi connectivity index (χ2v) is 5.53. The van der Waals surface area contributed by atoms with E-state index in [4.69, 9.17) is 4.74 Å². The van der Waals surface area contributed by atoms with Crippen molar-refractivity contribution in [2.75, 3.05) is 13.7 Å². The summed E-state index contributed by atoms with van der Waals surface area (Å²) in [5.41, 5.74) is 2.82. The molecule has 2 rings (SSSR count). The average molecular weight is 261 g/mol. The molecule has 19 heavy (non-hydrogen) atoms. The molecule has 0 radical (unpaired) electrons. The molecule has 1 aliphatic rings. The minimum absolute atomic E-state index is 0.376. The lowest BCUT2D eigenvalue weighted by Crippen LogP contribution is -2.42. The van der Waals surface area contributed by atoms with E-state index in [1.807, 2.05) is 0 Å². The summed E-state index contributed by atoms with van der Waals surface area (Å²) in [6.45, 7) is 5.11. The molecular formula is C17H27NO. The fourth-order valence-corrected chi connectivity index (χ4v) is 2.75. The van der Waals surface area contributed by atoms with E-state index in [0.717, 1.165) is 25.4 Å². The van der Waals surface area contributed by atoms with Crippen LogP contribution in [0.3, 0.4) is 0 Å². The topological polar surface area (TPSA) is 21.3 Å². The zero-order valence-electron chi connectivity index (χ0n) is 12.5. The largest absolute Gasteiger partial charge is 0.377 e. The Labute approximate surface area is 117 Å². The number of rotatable bonds is 8. The highest BCUT2D eigenvalue weighted by atomic mass is 16.5. The van der Waals surface area contributed by atoms with Gasteiger partial charge in [-0.1, -0.05) is 31.2 Å². The van der Waals surface area contributed by atoms with Gasteiger partial charge in [-0.05, 0) is 56.7 Å². The maximum absolute atomic E-state index is 5.97. The molecule has 0 bridgehead atoms. The standard InChI is InChI=1S/C17H27NO/c1-4-13-6-8-14(9-7-13)12-16(18-3)17(19-5-2)15-10-11-15/h6-9,15-18H,4-5,10-12H2,1-3H3. The first-order valence-electron chi connectivity index (χ1n) is 7.65. The van der Waals surface area contributed by atoms with Gasteiger partial charge in [-0.2, -0.15) is 0 Å². The Morgan fingerprint density at radius 2 is 1.79 bits per heavy atom. The van der Waals surface area contributed by atoms with Crippen LogP contribution >= 0.6 is 0 Å². The normalized spacial score (nSPS) is 18.3. The van der Waals surface area contributed by atoms with Crippen molar-refractivity contribution >= 4 is 0 Å². The fourth-order valence-electron chi connectivity index (χ4n) is 2.75. The molecule has 0 saturated heterocycles. The number of benzene rings is 1. The SMILES string of the molecule is CCOC(C1CC1)C(Cc1ccc(CC)cc1)NC. The highest BCUT2D eigenvalue weighted by molar-refractivity contribution is 5.23. The van der Waals surface area contributed by atoms with Crippen LogP contribution in [0.25, 0.3) is 0 Å². The van der Waals surface area contributed by atoms with E-state index in [9.17, 15) is 0 Å². The van der Waals surface area contributed by atoms with E-state index in [1.54, 1.807) is 0 Å². The van der Waals surface area contributed by atoms with Crippen LogP contribution in [-0.2, 0) is 17.6 Å². The quantitative estimate of drug-likeness (QED) is 0.776. The van der Waals surface area contributed by atoms with Crippen LogP contribution < -0.4 is 5.32 Å². The van der Waals surface area contributed by atoms with Gasteiger partial charge in [0.15, 0.2) is 0 Å². The Kier molecular flexibility index (Phi) is 5.41. The van der Waals surface area contributed by atoms with Crippen LogP contribution in [-0.4, -0.2) is 25.8 Å². The van der Waals surface area contributed by atoms with Crippen LogP contribution in [0.4, 0.5) is 0 Å². The number of nitrogens with one attached hydrogen (secondary N) is 1. The summed E-state index contributed by atoms with van der Waals surface area (Å²) in [4.78, 5) is 0. The molecule has 0 aromatic heterocycles. The summed E-state index contributed by atoms with van der Waals surface area (Å²) >= 11 is 0. The van der Waals surface area contributed by atoms with Crippen molar-refractivity contribution in [3.05, 3.63) is 35.4 Å². The molecule has 0 amide bonds. The van der Waals surface area contributed by atoms with Gasteiger partial charge in [0.05, 0.1) is 6.10 Å². The molecule has 1 aliphatic carbocycles. The van der Waals surface area contributed by atoms with E-state index in [2.05, 4.69) is 50.5 Å². The van der Waals surface area contributed by atoms with Crippen LogP contribution in [0.5, 0.6) is 0 Å². The van der Waals surface area contributed by atoms with Gasteiger partial charge in [-0.3, -0.25) is 0 Å². The molecule has 1 saturated carbocycles. The first-order valence-corrected chi connectivity index (χ1v) is 7.65. The Balaban J connectivity index is 1.99. The van der Waals surface area contributed by atoms with Gasteiger partial charge in [0, 0.05) is 12.6 Å². The zero-order chi connectivity index (χ0) is 13.7. The van der Waals surface area contributed by atoms with Gasteiger partial charge >= 0.3 is 0 Å². The van der Waals surface area contributed by atoms with Crippen molar-refractivity contribution in [1.29, 1.82) is 0 Å². The third-order valence-corrected chi connectivity index (χ3v) is 4.10. The van der Waals surface area contributed by atoms with Gasteiger partial charge in [0.25, 0.3) is 0 Å². The highest BCUT2D eigenvalue weighted by Gasteiger charge is 2.36. The van der Waals surface area contributed by atoms with Gasteiger partial charge in [0.1, 0.15) is 0 Å². The van der Waals surface area contributed by atoms with Gasteiger partial charge in [0.2, 0.25) is 0 Å². The zero-order valence-corrected chi connectivity index (χ0v) is 12.5. The molecule has 0 spiro atoms. The predicted octanol–water partition coefficient (Wildman–Crippen LogP) is 3.19. The maximum Gasteiger partial charge on any atom is 0.0759 e. The summed E-state index contributed by atoms with van der Waals surface area (Å²) in [6, 6.07) is 9.45. The molecule has 1 N–H and O–H groups in total. The monoisotopic (exact) mass is 261 g/mol. The minimum Gasteiger partial charge on any atom is -0.377 e. The summed E-state index contributed by atoms with van der Waals surface area (Å²) in [5, 5.41) is 3.46. The molecular weight excluding hydrogens is 234 g/mol. The van der Waals surface area contributed by atoms with Crippen LogP contribution in [0.1, 0.15) is 37.8 Å². The average Bonchev–Trinajstić information content (AvgIpc) is 3.28. The lowest BCUT2D eigenvalue weighted by molar-refractivity contribution is 0.0211. The lowest BCUT2D eigenvalue weighted by Gasteiger charge is -2.27. The minimum atomic E-state index is 0.376. The van der Waals surface area contributed by atoms with E-state index in [-0.39, 0.29) is 0 Å². The second-order valence-electron chi connectivity index (χ2n) is 5.53. The Hall–Kier alpha value is -0.860. The Morgan fingerprint density at radius 1 is 1.16 bits per heavy atom. The Morgan fingerprint density at radius 3 is 2.26 bits per heavy atom. The first-order chi connectivity index (χ1) is 9.28. The maximum atomic E-state index is 5.97. The van der Waals surface area contributed by atoms with Gasteiger partial charge < -0.3 is 10.1 Å². The number of ether oxygens (including phenoxy) is 1. The van der Waals surface area contributed by atoms with Crippen molar-refractivity contribution in [3.63, 3.8) is 0 Å². The molecule has 2 unspecified atom stereocenters. The number of aryl methyl sites for hydroxylation is 1. The molecule has 0 heterocycles. The second kappa shape index (κ2) is 7.06. The lowest BCUT2D eigenvalue weighted by atomic mass is 9.97. The molecule has 106 valence electrons. The van der Waals surface area contributed by atoms with Crippen molar-refractivity contribution in [1.82, 2.24) is 5.32 Å². The number of likely N-dealkylation sites (N-methyl/N-ethyl adjacent to an activating group) is 1. The smallest absolute Gasteiger partial charge is 0.0759 e. The van der Waals surface area contributed by atoms with Crippen molar-refractivity contribution in [3.8, 4) is 0 Å². The van der Waals surface area contributed by atoms with Gasteiger partial charge in [-0.25, -0.2) is 0 Å². The number of hydrogen-bond acceptors (Lipinski definition) is 2. The van der Waals surface area contributed by atoms with Gasteiger partial charge in [-0.15, -0.1) is 0 Å². The van der Waals surface area contributed by atoms with Crippen molar-refractivity contribution in [2.45, 2.75) is 51.7 Å². The Bertz CT molecular complexity index is 369. The fraction of sp³-hybridized carbons (Fsp3) is 0.647. The molecule has 0 aliphatic heterocycles. The molecule has 2 nitrogen and oxygen atoms in total.